The maximum Gasteiger partial charge on any atom is 0.250 e. The number of thioether (sulfide) groups is 1. The molecule has 7 nitrogen and oxygen atoms in total. The van der Waals surface area contributed by atoms with Crippen LogP contribution in [0.2, 0.25) is 5.02 Å². The fraction of sp³-hybridized carbons (Fsp3) is 0.348. The first-order chi connectivity index (χ1) is 15.6. The second kappa shape index (κ2) is 10.7. The lowest BCUT2D eigenvalue weighted by Gasteiger charge is -2.25. The second-order valence-corrected chi connectivity index (χ2v) is 9.11. The Morgan fingerprint density at radius 2 is 1.84 bits per heavy atom. The maximum absolute atomic E-state index is 12.4. The van der Waals surface area contributed by atoms with E-state index in [9.17, 15) is 4.79 Å². The quantitative estimate of drug-likeness (QED) is 0.295. The Hall–Kier alpha value is -2.71. The third-order valence-electron chi connectivity index (χ3n) is 5.49. The van der Waals surface area contributed by atoms with Gasteiger partial charge in [0, 0.05) is 34.6 Å². The van der Waals surface area contributed by atoms with Crippen LogP contribution in [0, 0.1) is 0 Å². The van der Waals surface area contributed by atoms with Gasteiger partial charge in [0.2, 0.25) is 0 Å². The summed E-state index contributed by atoms with van der Waals surface area (Å²) < 4.78 is 2.20. The maximum atomic E-state index is 12.4. The number of hydrogen-bond donors (Lipinski definition) is 1. The van der Waals surface area contributed by atoms with Crippen LogP contribution in [0.15, 0.2) is 59.0 Å². The van der Waals surface area contributed by atoms with E-state index in [1.807, 2.05) is 43.3 Å². The van der Waals surface area contributed by atoms with Crippen LogP contribution >= 0.6 is 23.4 Å². The molecule has 0 atom stereocenters. The number of halogens is 1. The molecule has 1 aromatic carbocycles. The summed E-state index contributed by atoms with van der Waals surface area (Å²) in [5, 5.41) is 14.5. The zero-order valence-electron chi connectivity index (χ0n) is 17.9. The van der Waals surface area contributed by atoms with E-state index < -0.39 is 0 Å². The number of carbonyl (C=O) groups excluding carboxylic acids is 1. The van der Waals surface area contributed by atoms with Gasteiger partial charge >= 0.3 is 0 Å². The largest absolute Gasteiger partial charge is 0.299 e. The molecule has 2 heterocycles. The molecule has 0 aliphatic heterocycles. The van der Waals surface area contributed by atoms with Gasteiger partial charge in [-0.25, -0.2) is 5.43 Å². The van der Waals surface area contributed by atoms with Crippen LogP contribution in [-0.2, 0) is 4.79 Å². The smallest absolute Gasteiger partial charge is 0.250 e. The van der Waals surface area contributed by atoms with E-state index in [0.717, 1.165) is 40.7 Å². The zero-order chi connectivity index (χ0) is 22.3. The number of pyridine rings is 1. The number of rotatable bonds is 7. The van der Waals surface area contributed by atoms with Crippen molar-refractivity contribution in [1.82, 2.24) is 25.2 Å². The van der Waals surface area contributed by atoms with Crippen LogP contribution in [0.4, 0.5) is 0 Å². The number of amides is 1. The number of nitrogens with one attached hydrogen (secondary N) is 1. The highest BCUT2D eigenvalue weighted by molar-refractivity contribution is 7.99. The molecule has 0 unspecified atom stereocenters. The Bertz CT molecular complexity index is 1080. The fourth-order valence-electron chi connectivity index (χ4n) is 3.81. The third kappa shape index (κ3) is 5.55. The van der Waals surface area contributed by atoms with Crippen molar-refractivity contribution in [2.45, 2.75) is 50.2 Å². The Morgan fingerprint density at radius 1 is 1.12 bits per heavy atom. The second-order valence-electron chi connectivity index (χ2n) is 7.73. The van der Waals surface area contributed by atoms with E-state index in [1.165, 1.54) is 31.0 Å². The molecule has 32 heavy (non-hydrogen) atoms. The van der Waals surface area contributed by atoms with Crippen LogP contribution in [-0.4, -0.2) is 37.1 Å². The predicted octanol–water partition coefficient (Wildman–Crippen LogP) is 5.13. The molecule has 2 aromatic heterocycles. The molecule has 1 aliphatic rings. The highest BCUT2D eigenvalue weighted by Gasteiger charge is 2.24. The standard InChI is InChI=1S/C23H25ClN6OS/c1-16(17-11-13-25-14-12-17)26-27-21(31)15-32-23-29-28-22(18-7-9-19(24)10-8-18)30(23)20-5-3-2-4-6-20/h7-14,20H,2-6,15H2,1H3,(H,27,31). The highest BCUT2D eigenvalue weighted by atomic mass is 35.5. The van der Waals surface area contributed by atoms with E-state index in [-0.39, 0.29) is 11.7 Å². The minimum atomic E-state index is -0.186. The van der Waals surface area contributed by atoms with Crippen LogP contribution < -0.4 is 5.43 Å². The molecule has 1 fully saturated rings. The molecule has 1 aliphatic carbocycles. The summed E-state index contributed by atoms with van der Waals surface area (Å²) in [6.07, 6.45) is 9.22. The summed E-state index contributed by atoms with van der Waals surface area (Å²) in [6.45, 7) is 1.85. The fourth-order valence-corrected chi connectivity index (χ4v) is 4.73. The SMILES string of the molecule is CC(=NNC(=O)CSc1nnc(-c2ccc(Cl)cc2)n1C1CCCCC1)c1ccncc1. The molecule has 1 N–H and O–H groups in total. The molecule has 1 amide bonds. The van der Waals surface area contributed by atoms with Gasteiger partial charge < -0.3 is 0 Å². The highest BCUT2D eigenvalue weighted by Crippen LogP contribution is 2.35. The summed E-state index contributed by atoms with van der Waals surface area (Å²) >= 11 is 7.45. The lowest BCUT2D eigenvalue weighted by Crippen LogP contribution is -2.22. The summed E-state index contributed by atoms with van der Waals surface area (Å²) in [6, 6.07) is 11.7. The Kier molecular flexibility index (Phi) is 7.55. The molecule has 1 saturated carbocycles. The number of carbonyl (C=O) groups is 1. The minimum absolute atomic E-state index is 0.186. The van der Waals surface area contributed by atoms with E-state index in [0.29, 0.717) is 11.1 Å². The molecular formula is C23H25ClN6OS. The number of aromatic nitrogens is 4. The van der Waals surface area contributed by atoms with Gasteiger partial charge in [0.05, 0.1) is 11.5 Å². The molecule has 0 radical (unpaired) electrons. The average molecular weight is 469 g/mol. The van der Waals surface area contributed by atoms with Gasteiger partial charge in [0.25, 0.3) is 5.91 Å². The Balaban J connectivity index is 1.48. The number of hydrazone groups is 1. The number of benzene rings is 1. The van der Waals surface area contributed by atoms with Crippen molar-refractivity contribution >= 4 is 35.0 Å². The van der Waals surface area contributed by atoms with Crippen LogP contribution in [0.3, 0.4) is 0 Å². The molecule has 3 aromatic rings. The monoisotopic (exact) mass is 468 g/mol. The van der Waals surface area contributed by atoms with Gasteiger partial charge in [0.15, 0.2) is 11.0 Å². The molecule has 166 valence electrons. The number of nitrogens with zero attached hydrogens (tertiary/aromatic N) is 5. The molecule has 9 heteroatoms. The summed E-state index contributed by atoms with van der Waals surface area (Å²) in [5.74, 6) is 0.844. The van der Waals surface area contributed by atoms with Gasteiger partial charge in [-0.3, -0.25) is 14.3 Å². The molecular weight excluding hydrogens is 444 g/mol. The van der Waals surface area contributed by atoms with Gasteiger partial charge in [-0.15, -0.1) is 10.2 Å². The van der Waals surface area contributed by atoms with Crippen molar-refractivity contribution in [3.05, 3.63) is 59.4 Å². The first-order valence-electron chi connectivity index (χ1n) is 10.7. The van der Waals surface area contributed by atoms with E-state index in [1.54, 1.807) is 12.4 Å². The topological polar surface area (TPSA) is 85.1 Å². The normalized spacial score (nSPS) is 15.0. The third-order valence-corrected chi connectivity index (χ3v) is 6.68. The lowest BCUT2D eigenvalue weighted by atomic mass is 9.95. The minimum Gasteiger partial charge on any atom is -0.299 e. The summed E-state index contributed by atoms with van der Waals surface area (Å²) in [5.41, 5.74) is 5.24. The van der Waals surface area contributed by atoms with Crippen molar-refractivity contribution in [3.63, 3.8) is 0 Å². The number of hydrogen-bond acceptors (Lipinski definition) is 6. The van der Waals surface area contributed by atoms with Gasteiger partial charge in [-0.1, -0.05) is 42.6 Å². The lowest BCUT2D eigenvalue weighted by molar-refractivity contribution is -0.118. The van der Waals surface area contributed by atoms with E-state index in [2.05, 4.69) is 30.3 Å². The zero-order valence-corrected chi connectivity index (χ0v) is 19.4. The van der Waals surface area contributed by atoms with Gasteiger partial charge in [-0.2, -0.15) is 5.10 Å². The molecule has 4 rings (SSSR count). The summed E-state index contributed by atoms with van der Waals surface area (Å²) in [4.78, 5) is 16.4. The van der Waals surface area contributed by atoms with Gasteiger partial charge in [0.1, 0.15) is 0 Å². The van der Waals surface area contributed by atoms with Crippen molar-refractivity contribution in [2.24, 2.45) is 5.10 Å². The molecule has 0 saturated heterocycles. The Morgan fingerprint density at radius 3 is 2.56 bits per heavy atom. The molecule has 0 bridgehead atoms. The van der Waals surface area contributed by atoms with Crippen molar-refractivity contribution in [1.29, 1.82) is 0 Å². The van der Waals surface area contributed by atoms with Crippen LogP contribution in [0.5, 0.6) is 0 Å². The first-order valence-corrected chi connectivity index (χ1v) is 12.1. The van der Waals surface area contributed by atoms with Crippen molar-refractivity contribution in [3.8, 4) is 11.4 Å². The van der Waals surface area contributed by atoms with Crippen LogP contribution in [0.1, 0.15) is 50.6 Å². The predicted molar refractivity (Wildman–Crippen MR) is 128 cm³/mol. The van der Waals surface area contributed by atoms with E-state index >= 15 is 0 Å². The van der Waals surface area contributed by atoms with Crippen molar-refractivity contribution < 1.29 is 4.79 Å². The Labute approximate surface area is 196 Å². The summed E-state index contributed by atoms with van der Waals surface area (Å²) in [7, 11) is 0. The average Bonchev–Trinajstić information content (AvgIpc) is 3.26. The van der Waals surface area contributed by atoms with Crippen LogP contribution in [0.25, 0.3) is 11.4 Å². The first kappa shape index (κ1) is 22.5. The molecule has 0 spiro atoms. The van der Waals surface area contributed by atoms with Gasteiger partial charge in [-0.05, 0) is 56.2 Å². The van der Waals surface area contributed by atoms with E-state index in [4.69, 9.17) is 11.6 Å². The van der Waals surface area contributed by atoms with Crippen molar-refractivity contribution in [2.75, 3.05) is 5.75 Å².